The first-order valence-electron chi connectivity index (χ1n) is 5.79. The normalized spacial score (nSPS) is 23.4. The largest absolute Gasteiger partial charge is 0.443 e. The Morgan fingerprint density at radius 1 is 1.29 bits per heavy atom. The van der Waals surface area contributed by atoms with Gasteiger partial charge >= 0.3 is 0 Å². The number of rotatable bonds is 3. The van der Waals surface area contributed by atoms with Crippen LogP contribution in [0.3, 0.4) is 0 Å². The maximum Gasteiger partial charge on any atom is 0.299 e. The van der Waals surface area contributed by atoms with Crippen molar-refractivity contribution >= 4 is 11.9 Å². The van der Waals surface area contributed by atoms with Gasteiger partial charge in [-0.15, -0.1) is 0 Å². The zero-order chi connectivity index (χ0) is 12.5. The molecule has 0 radical (unpaired) electrons. The van der Waals surface area contributed by atoms with Gasteiger partial charge in [0.05, 0.1) is 0 Å². The number of carbonyl (C=O) groups excluding carboxylic acids is 1. The van der Waals surface area contributed by atoms with Gasteiger partial charge in [0.15, 0.2) is 0 Å². The Balaban J connectivity index is 2.39. The van der Waals surface area contributed by atoms with E-state index in [-0.39, 0.29) is 11.9 Å². The van der Waals surface area contributed by atoms with Gasteiger partial charge < -0.3 is 10.5 Å². The molecule has 1 amide bonds. The van der Waals surface area contributed by atoms with E-state index in [1.807, 2.05) is 31.2 Å². The van der Waals surface area contributed by atoms with Gasteiger partial charge in [-0.3, -0.25) is 4.79 Å². The smallest absolute Gasteiger partial charge is 0.299 e. The minimum atomic E-state index is -1.02. The summed E-state index contributed by atoms with van der Waals surface area (Å²) in [6.45, 7) is 3.97. The standard InChI is InChI=1S/C13H16N2O2/c1-3-9-5-7-10(8-6-9)13(4-2)11(16)15-12(14)17-13/h5-8H,3-4H2,1-2H3,(H2,14,15,16). The molecule has 0 saturated heterocycles. The van der Waals surface area contributed by atoms with Crippen LogP contribution in [0.1, 0.15) is 31.4 Å². The van der Waals surface area contributed by atoms with E-state index in [9.17, 15) is 4.79 Å². The molecule has 1 aromatic rings. The highest BCUT2D eigenvalue weighted by Gasteiger charge is 2.46. The summed E-state index contributed by atoms with van der Waals surface area (Å²) < 4.78 is 5.45. The number of ether oxygens (including phenoxy) is 1. The number of benzene rings is 1. The number of amides is 1. The summed E-state index contributed by atoms with van der Waals surface area (Å²) in [6.07, 6.45) is 1.48. The summed E-state index contributed by atoms with van der Waals surface area (Å²) in [4.78, 5) is 15.6. The highest BCUT2D eigenvalue weighted by molar-refractivity contribution is 6.01. The molecule has 4 heteroatoms. The van der Waals surface area contributed by atoms with E-state index in [2.05, 4.69) is 11.9 Å². The van der Waals surface area contributed by atoms with E-state index in [1.165, 1.54) is 5.56 Å². The van der Waals surface area contributed by atoms with Gasteiger partial charge in [-0.05, 0) is 18.4 Å². The molecule has 2 N–H and O–H groups in total. The Morgan fingerprint density at radius 2 is 1.94 bits per heavy atom. The Labute approximate surface area is 100 Å². The van der Waals surface area contributed by atoms with Crippen molar-refractivity contribution in [2.75, 3.05) is 0 Å². The number of hydrogen-bond acceptors (Lipinski definition) is 3. The predicted octanol–water partition coefficient (Wildman–Crippen LogP) is 1.73. The topological polar surface area (TPSA) is 64.7 Å². The second kappa shape index (κ2) is 4.20. The van der Waals surface area contributed by atoms with Gasteiger partial charge in [-0.2, -0.15) is 4.99 Å². The van der Waals surface area contributed by atoms with Crippen molar-refractivity contribution in [1.29, 1.82) is 0 Å². The van der Waals surface area contributed by atoms with Crippen LogP contribution in [-0.4, -0.2) is 11.9 Å². The zero-order valence-corrected chi connectivity index (χ0v) is 10.1. The number of carbonyl (C=O) groups is 1. The van der Waals surface area contributed by atoms with Crippen molar-refractivity contribution in [3.63, 3.8) is 0 Å². The lowest BCUT2D eigenvalue weighted by Gasteiger charge is -2.25. The molecule has 90 valence electrons. The zero-order valence-electron chi connectivity index (χ0n) is 10.1. The highest BCUT2D eigenvalue weighted by Crippen LogP contribution is 2.34. The molecule has 17 heavy (non-hydrogen) atoms. The molecule has 1 aliphatic rings. The lowest BCUT2D eigenvalue weighted by molar-refractivity contribution is -0.131. The number of hydrogen-bond donors (Lipinski definition) is 1. The molecule has 1 unspecified atom stereocenters. The predicted molar refractivity (Wildman–Crippen MR) is 65.5 cm³/mol. The second-order valence-electron chi connectivity index (χ2n) is 4.09. The Bertz CT molecular complexity index is 465. The van der Waals surface area contributed by atoms with E-state index in [0.717, 1.165) is 12.0 Å². The summed E-state index contributed by atoms with van der Waals surface area (Å²) in [7, 11) is 0. The van der Waals surface area contributed by atoms with Crippen LogP contribution in [0.4, 0.5) is 0 Å². The van der Waals surface area contributed by atoms with Crippen molar-refractivity contribution in [3.8, 4) is 0 Å². The van der Waals surface area contributed by atoms with Crippen LogP contribution >= 0.6 is 0 Å². The summed E-state index contributed by atoms with van der Waals surface area (Å²) >= 11 is 0. The quantitative estimate of drug-likeness (QED) is 0.863. The summed E-state index contributed by atoms with van der Waals surface area (Å²) in [5.74, 6) is -0.318. The molecule has 1 heterocycles. The molecule has 0 bridgehead atoms. The SMILES string of the molecule is CCc1ccc(C2(CC)OC(N)=NC2=O)cc1. The van der Waals surface area contributed by atoms with Crippen LogP contribution in [0.25, 0.3) is 0 Å². The second-order valence-corrected chi connectivity index (χ2v) is 4.09. The number of nitrogens with two attached hydrogens (primary N) is 1. The fourth-order valence-electron chi connectivity index (χ4n) is 2.05. The molecule has 0 aliphatic carbocycles. The Hall–Kier alpha value is -1.84. The summed E-state index contributed by atoms with van der Waals surface area (Å²) in [5, 5.41) is 0. The van der Waals surface area contributed by atoms with Crippen molar-refractivity contribution in [2.24, 2.45) is 10.7 Å². The average molecular weight is 232 g/mol. The maximum absolute atomic E-state index is 11.9. The first-order chi connectivity index (χ1) is 8.12. The monoisotopic (exact) mass is 232 g/mol. The van der Waals surface area contributed by atoms with Gasteiger partial charge in [0, 0.05) is 5.56 Å². The molecule has 0 spiro atoms. The minimum absolute atomic E-state index is 0.0450. The Morgan fingerprint density at radius 3 is 2.35 bits per heavy atom. The number of nitrogens with zero attached hydrogens (tertiary/aromatic N) is 1. The minimum Gasteiger partial charge on any atom is -0.443 e. The number of amidine groups is 1. The van der Waals surface area contributed by atoms with E-state index >= 15 is 0 Å². The molecule has 2 rings (SSSR count). The molecule has 1 atom stereocenters. The first-order valence-corrected chi connectivity index (χ1v) is 5.79. The van der Waals surface area contributed by atoms with Crippen molar-refractivity contribution in [2.45, 2.75) is 32.3 Å². The van der Waals surface area contributed by atoms with Crippen LogP contribution in [0.2, 0.25) is 0 Å². The van der Waals surface area contributed by atoms with Crippen LogP contribution in [0.15, 0.2) is 29.3 Å². The highest BCUT2D eigenvalue weighted by atomic mass is 16.5. The van der Waals surface area contributed by atoms with Crippen LogP contribution in [-0.2, 0) is 21.6 Å². The molecular weight excluding hydrogens is 216 g/mol. The molecular formula is C13H16N2O2. The van der Waals surface area contributed by atoms with E-state index in [1.54, 1.807) is 0 Å². The van der Waals surface area contributed by atoms with Gasteiger partial charge in [-0.1, -0.05) is 38.1 Å². The molecule has 0 aromatic heterocycles. The number of aryl methyl sites for hydroxylation is 1. The third kappa shape index (κ3) is 1.79. The summed E-state index contributed by atoms with van der Waals surface area (Å²) in [6, 6.07) is 7.77. The molecule has 1 aliphatic heterocycles. The average Bonchev–Trinajstić information content (AvgIpc) is 2.65. The lowest BCUT2D eigenvalue weighted by atomic mass is 9.89. The molecule has 0 saturated carbocycles. The third-order valence-corrected chi connectivity index (χ3v) is 3.16. The van der Waals surface area contributed by atoms with Gasteiger partial charge in [-0.25, -0.2) is 0 Å². The van der Waals surface area contributed by atoms with Crippen LogP contribution in [0.5, 0.6) is 0 Å². The summed E-state index contributed by atoms with van der Waals surface area (Å²) in [5.41, 5.74) is 6.49. The molecule has 1 aromatic carbocycles. The third-order valence-electron chi connectivity index (χ3n) is 3.16. The van der Waals surface area contributed by atoms with E-state index < -0.39 is 5.60 Å². The molecule has 4 nitrogen and oxygen atoms in total. The Kier molecular flexibility index (Phi) is 2.88. The fourth-order valence-corrected chi connectivity index (χ4v) is 2.05. The van der Waals surface area contributed by atoms with Crippen LogP contribution < -0.4 is 5.73 Å². The van der Waals surface area contributed by atoms with Gasteiger partial charge in [0.2, 0.25) is 5.60 Å². The van der Waals surface area contributed by atoms with Gasteiger partial charge in [0.1, 0.15) is 0 Å². The van der Waals surface area contributed by atoms with Crippen molar-refractivity contribution in [3.05, 3.63) is 35.4 Å². The fraction of sp³-hybridized carbons (Fsp3) is 0.385. The van der Waals surface area contributed by atoms with E-state index in [4.69, 9.17) is 10.5 Å². The maximum atomic E-state index is 11.9. The first kappa shape index (κ1) is 11.6. The van der Waals surface area contributed by atoms with Crippen molar-refractivity contribution in [1.82, 2.24) is 0 Å². The lowest BCUT2D eigenvalue weighted by Crippen LogP contribution is -2.34. The number of aliphatic imine (C=N–C) groups is 1. The van der Waals surface area contributed by atoms with Crippen LogP contribution in [0, 0.1) is 0 Å². The molecule has 0 fully saturated rings. The van der Waals surface area contributed by atoms with Gasteiger partial charge in [0.25, 0.3) is 11.9 Å². The van der Waals surface area contributed by atoms with Crippen molar-refractivity contribution < 1.29 is 9.53 Å². The van der Waals surface area contributed by atoms with E-state index in [0.29, 0.717) is 6.42 Å².